The van der Waals surface area contributed by atoms with Gasteiger partial charge in [0.15, 0.2) is 0 Å². The molecule has 0 heterocycles. The van der Waals surface area contributed by atoms with Crippen molar-refractivity contribution >= 4 is 11.9 Å². The number of amides is 1. The zero-order chi connectivity index (χ0) is 17.0. The fourth-order valence-corrected chi connectivity index (χ4v) is 2.42. The Morgan fingerprint density at radius 3 is 2.65 bits per heavy atom. The highest BCUT2D eigenvalue weighted by atomic mass is 19.4. The maximum Gasteiger partial charge on any atom is 0.573 e. The molecule has 0 radical (unpaired) electrons. The van der Waals surface area contributed by atoms with Crippen LogP contribution >= 0.6 is 0 Å². The number of nitrogens with one attached hydrogen (secondary N) is 1. The van der Waals surface area contributed by atoms with Crippen molar-refractivity contribution in [3.8, 4) is 5.75 Å². The lowest BCUT2D eigenvalue weighted by Gasteiger charge is -2.13. The summed E-state index contributed by atoms with van der Waals surface area (Å²) in [5.74, 6) is -2.22. The summed E-state index contributed by atoms with van der Waals surface area (Å²) in [4.78, 5) is 22.3. The zero-order valence-electron chi connectivity index (χ0n) is 12.1. The van der Waals surface area contributed by atoms with Crippen molar-refractivity contribution in [2.75, 3.05) is 6.54 Å². The molecular weight excluding hydrogens is 315 g/mol. The molecule has 8 heteroatoms. The number of carbonyl (C=O) groups excluding carboxylic acids is 1. The van der Waals surface area contributed by atoms with E-state index >= 15 is 0 Å². The van der Waals surface area contributed by atoms with Gasteiger partial charge in [-0.15, -0.1) is 13.2 Å². The summed E-state index contributed by atoms with van der Waals surface area (Å²) in [6.45, 7) is 0.231. The van der Waals surface area contributed by atoms with Crippen LogP contribution in [0.1, 0.15) is 30.7 Å². The second-order valence-electron chi connectivity index (χ2n) is 5.32. The predicted molar refractivity (Wildman–Crippen MR) is 73.9 cm³/mol. The Labute approximate surface area is 130 Å². The number of benzene rings is 1. The summed E-state index contributed by atoms with van der Waals surface area (Å²) >= 11 is 0. The van der Waals surface area contributed by atoms with Crippen LogP contribution in [0.4, 0.5) is 13.2 Å². The van der Waals surface area contributed by atoms with E-state index in [4.69, 9.17) is 5.11 Å². The molecule has 0 unspecified atom stereocenters. The molecule has 126 valence electrons. The maximum absolute atomic E-state index is 12.4. The minimum atomic E-state index is -4.78. The lowest BCUT2D eigenvalue weighted by atomic mass is 10.1. The van der Waals surface area contributed by atoms with E-state index in [9.17, 15) is 22.8 Å². The molecule has 1 aromatic rings. The molecule has 2 N–H and O–H groups in total. The molecule has 1 aliphatic carbocycles. The number of carboxylic acids is 1. The van der Waals surface area contributed by atoms with Crippen LogP contribution in [0.2, 0.25) is 0 Å². The van der Waals surface area contributed by atoms with E-state index in [1.165, 1.54) is 18.2 Å². The largest absolute Gasteiger partial charge is 0.573 e. The highest BCUT2D eigenvalue weighted by Crippen LogP contribution is 2.50. The van der Waals surface area contributed by atoms with Gasteiger partial charge in [-0.2, -0.15) is 0 Å². The number of rotatable bonds is 7. The fourth-order valence-electron chi connectivity index (χ4n) is 2.42. The Bertz CT molecular complexity index is 588. The van der Waals surface area contributed by atoms with Crippen LogP contribution in [0.15, 0.2) is 24.3 Å². The van der Waals surface area contributed by atoms with Crippen LogP contribution in [0, 0.1) is 5.92 Å². The van der Waals surface area contributed by atoms with E-state index in [1.54, 1.807) is 6.07 Å². The number of ether oxygens (including phenoxy) is 1. The smallest absolute Gasteiger partial charge is 0.481 e. The standard InChI is InChI=1S/C15H16F3NO4/c16-15(17,18)23-12-5-2-1-4-9(12)10-8-11(10)14(22)19-7-3-6-13(20)21/h1-2,4-5,10-11H,3,6-8H2,(H,19,22)(H,20,21)/t10-,11-/m0/s1. The highest BCUT2D eigenvalue weighted by molar-refractivity contribution is 5.83. The van der Waals surface area contributed by atoms with Crippen molar-refractivity contribution in [3.05, 3.63) is 29.8 Å². The zero-order valence-corrected chi connectivity index (χ0v) is 12.1. The SMILES string of the molecule is O=C(O)CCCNC(=O)[C@H]1C[C@H]1c1ccccc1OC(F)(F)F. The molecule has 0 aromatic heterocycles. The van der Waals surface area contributed by atoms with Gasteiger partial charge in [-0.1, -0.05) is 18.2 Å². The van der Waals surface area contributed by atoms with Gasteiger partial charge in [0.1, 0.15) is 5.75 Å². The van der Waals surface area contributed by atoms with E-state index in [0.717, 1.165) is 0 Å². The van der Waals surface area contributed by atoms with E-state index in [-0.39, 0.29) is 30.5 Å². The average Bonchev–Trinajstić information content (AvgIpc) is 3.22. The number of halogens is 3. The lowest BCUT2D eigenvalue weighted by molar-refractivity contribution is -0.274. The third kappa shape index (κ3) is 5.15. The van der Waals surface area contributed by atoms with Crippen molar-refractivity contribution in [2.45, 2.75) is 31.5 Å². The van der Waals surface area contributed by atoms with Crippen LogP contribution in [-0.2, 0) is 9.59 Å². The second-order valence-corrected chi connectivity index (χ2v) is 5.32. The Morgan fingerprint density at radius 1 is 1.30 bits per heavy atom. The molecule has 5 nitrogen and oxygen atoms in total. The van der Waals surface area contributed by atoms with E-state index < -0.39 is 18.2 Å². The van der Waals surface area contributed by atoms with Gasteiger partial charge in [0.25, 0.3) is 0 Å². The Kier molecular flexibility index (Phi) is 5.12. The van der Waals surface area contributed by atoms with E-state index in [1.807, 2.05) is 0 Å². The number of para-hydroxylation sites is 1. The quantitative estimate of drug-likeness (QED) is 0.753. The van der Waals surface area contributed by atoms with Crippen LogP contribution < -0.4 is 10.1 Å². The lowest BCUT2D eigenvalue weighted by Crippen LogP contribution is -2.26. The van der Waals surface area contributed by atoms with Crippen molar-refractivity contribution < 1.29 is 32.6 Å². The van der Waals surface area contributed by atoms with Gasteiger partial charge in [0.2, 0.25) is 5.91 Å². The summed E-state index contributed by atoms with van der Waals surface area (Å²) in [7, 11) is 0. The highest BCUT2D eigenvalue weighted by Gasteiger charge is 2.46. The monoisotopic (exact) mass is 331 g/mol. The first-order chi connectivity index (χ1) is 10.8. The molecule has 2 rings (SSSR count). The van der Waals surface area contributed by atoms with Crippen molar-refractivity contribution in [2.24, 2.45) is 5.92 Å². The maximum atomic E-state index is 12.4. The van der Waals surface area contributed by atoms with Crippen LogP contribution in [0.5, 0.6) is 5.75 Å². The number of hydrogen-bond donors (Lipinski definition) is 2. The topological polar surface area (TPSA) is 75.6 Å². The first-order valence-corrected chi connectivity index (χ1v) is 7.12. The van der Waals surface area contributed by atoms with Gasteiger partial charge >= 0.3 is 12.3 Å². The van der Waals surface area contributed by atoms with Crippen molar-refractivity contribution in [1.82, 2.24) is 5.32 Å². The predicted octanol–water partition coefficient (Wildman–Crippen LogP) is 2.67. The Hall–Kier alpha value is -2.25. The number of hydrogen-bond acceptors (Lipinski definition) is 3. The van der Waals surface area contributed by atoms with Crippen LogP contribution in [-0.4, -0.2) is 29.9 Å². The summed E-state index contributed by atoms with van der Waals surface area (Å²) in [6, 6.07) is 5.78. The van der Waals surface area contributed by atoms with Gasteiger partial charge in [-0.05, 0) is 30.4 Å². The van der Waals surface area contributed by atoms with Crippen molar-refractivity contribution in [3.63, 3.8) is 0 Å². The number of carboxylic acid groups (broad SMARTS) is 1. The Morgan fingerprint density at radius 2 is 2.00 bits per heavy atom. The average molecular weight is 331 g/mol. The van der Waals surface area contributed by atoms with Gasteiger partial charge in [-0.25, -0.2) is 0 Å². The molecule has 1 saturated carbocycles. The molecular formula is C15H16F3NO4. The minimum Gasteiger partial charge on any atom is -0.481 e. The fraction of sp³-hybridized carbons (Fsp3) is 0.467. The molecule has 2 atom stereocenters. The third-order valence-corrected chi connectivity index (χ3v) is 3.54. The van der Waals surface area contributed by atoms with Gasteiger partial charge in [0, 0.05) is 18.9 Å². The van der Waals surface area contributed by atoms with Crippen LogP contribution in [0.25, 0.3) is 0 Å². The van der Waals surface area contributed by atoms with Crippen molar-refractivity contribution in [1.29, 1.82) is 0 Å². The molecule has 1 aliphatic rings. The minimum absolute atomic E-state index is 0.0450. The number of aliphatic carboxylic acids is 1. The molecule has 1 fully saturated rings. The van der Waals surface area contributed by atoms with Gasteiger partial charge < -0.3 is 15.2 Å². The summed E-state index contributed by atoms with van der Waals surface area (Å²) in [5, 5.41) is 11.1. The summed E-state index contributed by atoms with van der Waals surface area (Å²) in [6.07, 6.45) is -4.06. The van der Waals surface area contributed by atoms with E-state index in [0.29, 0.717) is 18.4 Å². The number of alkyl halides is 3. The first kappa shape index (κ1) is 17.1. The molecule has 0 bridgehead atoms. The molecule has 0 spiro atoms. The first-order valence-electron chi connectivity index (χ1n) is 7.12. The molecule has 1 amide bonds. The molecule has 23 heavy (non-hydrogen) atoms. The normalized spacial score (nSPS) is 20.0. The molecule has 0 saturated heterocycles. The number of carbonyl (C=O) groups is 2. The van der Waals surface area contributed by atoms with Gasteiger partial charge in [0.05, 0.1) is 0 Å². The van der Waals surface area contributed by atoms with Crippen LogP contribution in [0.3, 0.4) is 0 Å². The Balaban J connectivity index is 1.90. The third-order valence-electron chi connectivity index (χ3n) is 3.54. The summed E-state index contributed by atoms with van der Waals surface area (Å²) < 4.78 is 41.1. The molecule has 0 aliphatic heterocycles. The molecule has 1 aromatic carbocycles. The second kappa shape index (κ2) is 6.89. The van der Waals surface area contributed by atoms with E-state index in [2.05, 4.69) is 10.1 Å². The van der Waals surface area contributed by atoms with Gasteiger partial charge in [-0.3, -0.25) is 9.59 Å². The summed E-state index contributed by atoms with van der Waals surface area (Å²) in [5.41, 5.74) is 0.357.